The number of ether oxygens (including phenoxy) is 2. The van der Waals surface area contributed by atoms with Crippen molar-refractivity contribution in [2.75, 3.05) is 6.61 Å². The zero-order valence-corrected chi connectivity index (χ0v) is 20.1. The molecular weight excluding hydrogens is 470 g/mol. The third kappa shape index (κ3) is 5.54. The zero-order chi connectivity index (χ0) is 25.6. The Balaban J connectivity index is 1.18. The fraction of sp³-hybridized carbons (Fsp3) is 0.207. The summed E-state index contributed by atoms with van der Waals surface area (Å²) in [7, 11) is 0. The van der Waals surface area contributed by atoms with Crippen molar-refractivity contribution >= 4 is 12.1 Å². The van der Waals surface area contributed by atoms with E-state index in [-0.39, 0.29) is 25.7 Å². The quantitative estimate of drug-likeness (QED) is 0.332. The molecule has 0 saturated heterocycles. The van der Waals surface area contributed by atoms with Gasteiger partial charge in [-0.1, -0.05) is 78.9 Å². The summed E-state index contributed by atoms with van der Waals surface area (Å²) in [5.74, 6) is -1.27. The molecule has 0 saturated carbocycles. The number of nitrogens with one attached hydrogen (secondary N) is 1. The first-order chi connectivity index (χ1) is 18.1. The number of hydrogen-bond acceptors (Lipinski definition) is 5. The monoisotopic (exact) mass is 497 g/mol. The Morgan fingerprint density at radius 2 is 1.59 bits per heavy atom. The second-order valence-electron chi connectivity index (χ2n) is 8.88. The Morgan fingerprint density at radius 1 is 0.946 bits per heavy atom. The topological polar surface area (TPSA) is 103 Å². The van der Waals surface area contributed by atoms with Gasteiger partial charge in [-0.2, -0.15) is 0 Å². The maximum Gasteiger partial charge on any atom is 0.407 e. The number of carboxylic acid groups (broad SMARTS) is 1. The van der Waals surface area contributed by atoms with Gasteiger partial charge in [0, 0.05) is 24.2 Å². The van der Waals surface area contributed by atoms with E-state index in [2.05, 4.69) is 22.4 Å². The molecule has 188 valence electrons. The fourth-order valence-electron chi connectivity index (χ4n) is 4.66. The third-order valence-electron chi connectivity index (χ3n) is 6.49. The minimum Gasteiger partial charge on any atom is -0.480 e. The van der Waals surface area contributed by atoms with E-state index in [1.807, 2.05) is 66.7 Å². The first kappa shape index (κ1) is 24.3. The molecular formula is C29H27N3O5. The number of amides is 1. The molecule has 0 radical (unpaired) electrons. The number of nitrogens with zero attached hydrogens (tertiary/aromatic N) is 2. The second-order valence-corrected chi connectivity index (χ2v) is 8.88. The van der Waals surface area contributed by atoms with E-state index in [0.29, 0.717) is 12.3 Å². The van der Waals surface area contributed by atoms with E-state index in [1.165, 1.54) is 0 Å². The molecule has 1 aliphatic carbocycles. The number of imidazole rings is 1. The van der Waals surface area contributed by atoms with Gasteiger partial charge in [0.25, 0.3) is 0 Å². The highest BCUT2D eigenvalue weighted by atomic mass is 16.5. The van der Waals surface area contributed by atoms with E-state index in [0.717, 1.165) is 27.8 Å². The molecule has 3 aromatic carbocycles. The van der Waals surface area contributed by atoms with Crippen LogP contribution in [-0.2, 0) is 34.0 Å². The number of rotatable bonds is 10. The Labute approximate surface area is 214 Å². The minimum atomic E-state index is -1.18. The van der Waals surface area contributed by atoms with Crippen LogP contribution in [0, 0.1) is 0 Å². The standard InChI is InChI=1S/C29H27N3O5/c33-28(34)27(14-21-15-30-18-32(21)19-36-16-20-8-2-1-3-9-20)31-29(35)37-17-26-24-12-6-4-10-22(24)23-11-5-7-13-25(23)26/h1-13,15,18,26-27H,14,16-17,19H2,(H,31,35)(H,33,34)/t27-/m1/s1. The number of aromatic nitrogens is 2. The fourth-order valence-corrected chi connectivity index (χ4v) is 4.66. The molecule has 0 spiro atoms. The van der Waals surface area contributed by atoms with Gasteiger partial charge in [0.15, 0.2) is 0 Å². The predicted molar refractivity (Wildman–Crippen MR) is 137 cm³/mol. The van der Waals surface area contributed by atoms with Gasteiger partial charge in [-0.15, -0.1) is 0 Å². The summed E-state index contributed by atoms with van der Waals surface area (Å²) in [6, 6.07) is 24.6. The average molecular weight is 498 g/mol. The summed E-state index contributed by atoms with van der Waals surface area (Å²) in [4.78, 5) is 28.7. The molecule has 8 heteroatoms. The van der Waals surface area contributed by atoms with Crippen LogP contribution in [-0.4, -0.2) is 39.4 Å². The molecule has 1 aliphatic rings. The number of aliphatic carboxylic acids is 1. The van der Waals surface area contributed by atoms with Crippen molar-refractivity contribution in [3.63, 3.8) is 0 Å². The number of carbonyl (C=O) groups excluding carboxylic acids is 1. The minimum absolute atomic E-state index is 0.0359. The molecule has 1 aromatic heterocycles. The van der Waals surface area contributed by atoms with E-state index < -0.39 is 18.1 Å². The van der Waals surface area contributed by atoms with Crippen molar-refractivity contribution in [2.24, 2.45) is 0 Å². The Hall–Kier alpha value is -4.43. The van der Waals surface area contributed by atoms with Gasteiger partial charge < -0.3 is 24.5 Å². The van der Waals surface area contributed by atoms with Gasteiger partial charge in [0.05, 0.1) is 12.9 Å². The number of hydrogen-bond donors (Lipinski definition) is 2. The number of carbonyl (C=O) groups is 2. The van der Waals surface area contributed by atoms with Crippen LogP contribution < -0.4 is 5.32 Å². The molecule has 1 heterocycles. The largest absolute Gasteiger partial charge is 0.480 e. The Morgan fingerprint density at radius 3 is 2.27 bits per heavy atom. The van der Waals surface area contributed by atoms with Gasteiger partial charge in [-0.3, -0.25) is 0 Å². The Kier molecular flexibility index (Phi) is 7.28. The van der Waals surface area contributed by atoms with Crippen LogP contribution in [0.1, 0.15) is 28.3 Å². The van der Waals surface area contributed by atoms with E-state index in [4.69, 9.17) is 9.47 Å². The number of alkyl carbamates (subject to hydrolysis) is 1. The van der Waals surface area contributed by atoms with Gasteiger partial charge in [0.2, 0.25) is 0 Å². The molecule has 0 unspecified atom stereocenters. The summed E-state index contributed by atoms with van der Waals surface area (Å²) < 4.78 is 13.0. The highest BCUT2D eigenvalue weighted by molar-refractivity contribution is 5.81. The molecule has 0 bridgehead atoms. The number of carboxylic acids is 1. The molecule has 2 N–H and O–H groups in total. The maximum atomic E-state index is 12.6. The molecule has 4 aromatic rings. The van der Waals surface area contributed by atoms with Gasteiger partial charge in [-0.25, -0.2) is 14.6 Å². The van der Waals surface area contributed by atoms with Crippen molar-refractivity contribution in [1.82, 2.24) is 14.9 Å². The van der Waals surface area contributed by atoms with Crippen molar-refractivity contribution in [3.8, 4) is 11.1 Å². The maximum absolute atomic E-state index is 12.6. The van der Waals surface area contributed by atoms with Crippen molar-refractivity contribution < 1.29 is 24.2 Å². The number of fused-ring (bicyclic) bond motifs is 3. The Bertz CT molecular complexity index is 1340. The molecule has 37 heavy (non-hydrogen) atoms. The van der Waals surface area contributed by atoms with Crippen LogP contribution in [0.15, 0.2) is 91.4 Å². The van der Waals surface area contributed by atoms with Crippen LogP contribution >= 0.6 is 0 Å². The van der Waals surface area contributed by atoms with Crippen molar-refractivity contribution in [2.45, 2.75) is 31.7 Å². The first-order valence-electron chi connectivity index (χ1n) is 12.0. The summed E-state index contributed by atoms with van der Waals surface area (Å²) >= 11 is 0. The number of benzene rings is 3. The highest BCUT2D eigenvalue weighted by Crippen LogP contribution is 2.44. The summed E-state index contributed by atoms with van der Waals surface area (Å²) in [6.45, 7) is 0.734. The lowest BCUT2D eigenvalue weighted by molar-refractivity contribution is -0.139. The summed E-state index contributed by atoms with van der Waals surface area (Å²) in [5.41, 5.74) is 6.08. The van der Waals surface area contributed by atoms with Crippen LogP contribution in [0.4, 0.5) is 4.79 Å². The molecule has 0 fully saturated rings. The van der Waals surface area contributed by atoms with E-state index in [1.54, 1.807) is 17.1 Å². The highest BCUT2D eigenvalue weighted by Gasteiger charge is 2.30. The third-order valence-corrected chi connectivity index (χ3v) is 6.49. The molecule has 1 atom stereocenters. The van der Waals surface area contributed by atoms with Crippen LogP contribution in [0.2, 0.25) is 0 Å². The molecule has 8 nitrogen and oxygen atoms in total. The second kappa shape index (κ2) is 11.1. The lowest BCUT2D eigenvalue weighted by atomic mass is 9.98. The predicted octanol–water partition coefficient (Wildman–Crippen LogP) is 4.59. The van der Waals surface area contributed by atoms with Crippen LogP contribution in [0.3, 0.4) is 0 Å². The SMILES string of the molecule is O=C(N[C@H](Cc1cncn1COCc1ccccc1)C(=O)O)OCC1c2ccccc2-c2ccccc21. The van der Waals surface area contributed by atoms with Crippen molar-refractivity contribution in [3.05, 3.63) is 114 Å². The van der Waals surface area contributed by atoms with Gasteiger partial charge in [-0.05, 0) is 27.8 Å². The summed E-state index contributed by atoms with van der Waals surface area (Å²) in [6.07, 6.45) is 2.41. The first-order valence-corrected chi connectivity index (χ1v) is 12.0. The molecule has 5 rings (SSSR count). The zero-order valence-electron chi connectivity index (χ0n) is 20.1. The van der Waals surface area contributed by atoms with E-state index >= 15 is 0 Å². The average Bonchev–Trinajstić information content (AvgIpc) is 3.49. The summed E-state index contributed by atoms with van der Waals surface area (Å²) in [5, 5.41) is 12.2. The van der Waals surface area contributed by atoms with Gasteiger partial charge in [0.1, 0.15) is 19.4 Å². The van der Waals surface area contributed by atoms with Gasteiger partial charge >= 0.3 is 12.1 Å². The lowest BCUT2D eigenvalue weighted by Crippen LogP contribution is -2.43. The van der Waals surface area contributed by atoms with Crippen LogP contribution in [0.5, 0.6) is 0 Å². The normalized spacial score (nSPS) is 13.0. The molecule has 1 amide bonds. The lowest BCUT2D eigenvalue weighted by Gasteiger charge is -2.18. The van der Waals surface area contributed by atoms with Crippen LogP contribution in [0.25, 0.3) is 11.1 Å². The smallest absolute Gasteiger partial charge is 0.407 e. The van der Waals surface area contributed by atoms with Crippen molar-refractivity contribution in [1.29, 1.82) is 0 Å². The van der Waals surface area contributed by atoms with E-state index in [9.17, 15) is 14.7 Å². The molecule has 0 aliphatic heterocycles.